The van der Waals surface area contributed by atoms with E-state index in [9.17, 15) is 4.79 Å². The van der Waals surface area contributed by atoms with Crippen LogP contribution in [-0.4, -0.2) is 31.6 Å². The third-order valence-corrected chi connectivity index (χ3v) is 3.19. The molecular formula is C11H13N3O2S. The SMILES string of the molecule is COCC1=NNC(=O)[C@@H]1C=NCc1cccs1. The van der Waals surface area contributed by atoms with E-state index >= 15 is 0 Å². The Morgan fingerprint density at radius 2 is 2.59 bits per heavy atom. The van der Waals surface area contributed by atoms with Gasteiger partial charge in [0, 0.05) is 18.2 Å². The van der Waals surface area contributed by atoms with Gasteiger partial charge in [-0.15, -0.1) is 11.3 Å². The van der Waals surface area contributed by atoms with Gasteiger partial charge in [0.2, 0.25) is 0 Å². The molecule has 0 saturated heterocycles. The van der Waals surface area contributed by atoms with Gasteiger partial charge in [-0.05, 0) is 11.4 Å². The van der Waals surface area contributed by atoms with E-state index in [1.807, 2.05) is 17.5 Å². The average Bonchev–Trinajstić information content (AvgIpc) is 2.93. The third kappa shape index (κ3) is 2.98. The number of thiophene rings is 1. The van der Waals surface area contributed by atoms with Gasteiger partial charge in [0.15, 0.2) is 0 Å². The summed E-state index contributed by atoms with van der Waals surface area (Å²) in [6.07, 6.45) is 1.64. The summed E-state index contributed by atoms with van der Waals surface area (Å²) in [6, 6.07) is 4.00. The molecule has 1 aliphatic rings. The van der Waals surface area contributed by atoms with Gasteiger partial charge in [-0.25, -0.2) is 5.43 Å². The summed E-state index contributed by atoms with van der Waals surface area (Å²) in [7, 11) is 1.57. The van der Waals surface area contributed by atoms with Gasteiger partial charge in [0.1, 0.15) is 5.92 Å². The molecule has 0 bridgehead atoms. The molecule has 17 heavy (non-hydrogen) atoms. The molecule has 5 nitrogen and oxygen atoms in total. The van der Waals surface area contributed by atoms with Crippen LogP contribution in [-0.2, 0) is 16.1 Å². The van der Waals surface area contributed by atoms with Crippen LogP contribution < -0.4 is 5.43 Å². The molecule has 0 spiro atoms. The summed E-state index contributed by atoms with van der Waals surface area (Å²) >= 11 is 1.65. The molecule has 2 rings (SSSR count). The van der Waals surface area contributed by atoms with E-state index in [1.165, 1.54) is 4.88 Å². The van der Waals surface area contributed by atoms with Gasteiger partial charge >= 0.3 is 0 Å². The molecule has 1 aromatic heterocycles. The van der Waals surface area contributed by atoms with Crippen LogP contribution in [0.2, 0.25) is 0 Å². The number of hydrogen-bond donors (Lipinski definition) is 1. The average molecular weight is 251 g/mol. The zero-order valence-electron chi connectivity index (χ0n) is 9.42. The summed E-state index contributed by atoms with van der Waals surface area (Å²) in [5.74, 6) is -0.540. The molecule has 0 fully saturated rings. The molecule has 0 saturated carbocycles. The molecule has 2 heterocycles. The van der Waals surface area contributed by atoms with Crippen molar-refractivity contribution < 1.29 is 9.53 Å². The van der Waals surface area contributed by atoms with Gasteiger partial charge in [0.25, 0.3) is 5.91 Å². The second-order valence-electron chi connectivity index (χ2n) is 3.56. The molecule has 0 unspecified atom stereocenters. The van der Waals surface area contributed by atoms with Crippen molar-refractivity contribution >= 4 is 29.2 Å². The quantitative estimate of drug-likeness (QED) is 0.795. The summed E-state index contributed by atoms with van der Waals surface area (Å²) in [5.41, 5.74) is 3.10. The second kappa shape index (κ2) is 5.70. The Bertz CT molecular complexity index is 440. The highest BCUT2D eigenvalue weighted by Crippen LogP contribution is 2.10. The number of carbonyl (C=O) groups excluding carboxylic acids is 1. The molecule has 1 aromatic rings. The van der Waals surface area contributed by atoms with Crippen molar-refractivity contribution in [2.45, 2.75) is 6.54 Å². The number of aliphatic imine (C=N–C) groups is 1. The summed E-state index contributed by atoms with van der Waals surface area (Å²) < 4.78 is 4.97. The molecule has 0 aromatic carbocycles. The van der Waals surface area contributed by atoms with Crippen molar-refractivity contribution in [1.82, 2.24) is 5.43 Å². The molecule has 1 atom stereocenters. The van der Waals surface area contributed by atoms with Crippen molar-refractivity contribution in [3.05, 3.63) is 22.4 Å². The molecule has 1 N–H and O–H groups in total. The number of carbonyl (C=O) groups is 1. The number of ether oxygens (including phenoxy) is 1. The van der Waals surface area contributed by atoms with Crippen LogP contribution in [0.1, 0.15) is 4.88 Å². The van der Waals surface area contributed by atoms with E-state index in [-0.39, 0.29) is 5.91 Å². The molecule has 6 heteroatoms. The maximum atomic E-state index is 11.5. The summed E-state index contributed by atoms with van der Waals surface area (Å²) in [6.45, 7) is 0.941. The lowest BCUT2D eigenvalue weighted by Crippen LogP contribution is -2.26. The van der Waals surface area contributed by atoms with Gasteiger partial charge in [0.05, 0.1) is 18.9 Å². The second-order valence-corrected chi connectivity index (χ2v) is 4.59. The Morgan fingerprint density at radius 3 is 3.29 bits per heavy atom. The topological polar surface area (TPSA) is 63.0 Å². The van der Waals surface area contributed by atoms with Crippen molar-refractivity contribution in [2.75, 3.05) is 13.7 Å². The Morgan fingerprint density at radius 1 is 1.71 bits per heavy atom. The Balaban J connectivity index is 1.94. The molecule has 1 amide bonds. The van der Waals surface area contributed by atoms with Crippen molar-refractivity contribution in [2.24, 2.45) is 16.0 Å². The molecular weight excluding hydrogens is 238 g/mol. The standard InChI is InChI=1S/C11H13N3O2S/c1-16-7-10-9(11(15)14-13-10)6-12-5-8-3-2-4-17-8/h2-4,6,9H,5,7H2,1H3,(H,14,15)/t9-/m1/s1. The fourth-order valence-corrected chi connectivity index (χ4v) is 2.13. The van der Waals surface area contributed by atoms with Gasteiger partial charge in [-0.1, -0.05) is 6.07 Å². The Hall–Kier alpha value is -1.53. The van der Waals surface area contributed by atoms with E-state index in [1.54, 1.807) is 24.7 Å². The summed E-state index contributed by atoms with van der Waals surface area (Å²) in [4.78, 5) is 16.9. The maximum absolute atomic E-state index is 11.5. The van der Waals surface area contributed by atoms with E-state index in [0.29, 0.717) is 18.9 Å². The molecule has 1 aliphatic heterocycles. The van der Waals surface area contributed by atoms with E-state index < -0.39 is 5.92 Å². The van der Waals surface area contributed by atoms with Gasteiger partial charge < -0.3 is 4.74 Å². The minimum Gasteiger partial charge on any atom is -0.379 e. The number of methoxy groups -OCH3 is 1. The molecule has 90 valence electrons. The van der Waals surface area contributed by atoms with E-state index in [4.69, 9.17) is 4.74 Å². The largest absolute Gasteiger partial charge is 0.379 e. The zero-order valence-corrected chi connectivity index (χ0v) is 10.2. The normalized spacial score (nSPS) is 19.7. The lowest BCUT2D eigenvalue weighted by molar-refractivity contribution is -0.120. The van der Waals surface area contributed by atoms with E-state index in [0.717, 1.165) is 0 Å². The molecule has 0 aliphatic carbocycles. The number of nitrogens with one attached hydrogen (secondary N) is 1. The first kappa shape index (κ1) is 11.9. The Labute approximate surface area is 103 Å². The zero-order chi connectivity index (χ0) is 12.1. The first-order valence-corrected chi connectivity index (χ1v) is 6.07. The van der Waals surface area contributed by atoms with Crippen molar-refractivity contribution in [1.29, 1.82) is 0 Å². The predicted octanol–water partition coefficient (Wildman–Crippen LogP) is 1.07. The number of amides is 1. The van der Waals surface area contributed by atoms with Crippen molar-refractivity contribution in [3.8, 4) is 0 Å². The number of rotatable bonds is 5. The van der Waals surface area contributed by atoms with Crippen LogP contribution in [0, 0.1) is 5.92 Å². The summed E-state index contributed by atoms with van der Waals surface area (Å²) in [5, 5.41) is 5.91. The van der Waals surface area contributed by atoms with Crippen LogP contribution >= 0.6 is 11.3 Å². The van der Waals surface area contributed by atoms with Crippen LogP contribution in [0.3, 0.4) is 0 Å². The van der Waals surface area contributed by atoms with E-state index in [2.05, 4.69) is 15.5 Å². The first-order valence-electron chi connectivity index (χ1n) is 5.19. The number of nitrogens with zero attached hydrogens (tertiary/aromatic N) is 2. The maximum Gasteiger partial charge on any atom is 0.254 e. The van der Waals surface area contributed by atoms with Crippen LogP contribution in [0.4, 0.5) is 0 Å². The predicted molar refractivity (Wildman–Crippen MR) is 67.5 cm³/mol. The first-order chi connectivity index (χ1) is 8.31. The fourth-order valence-electron chi connectivity index (χ4n) is 1.49. The highest BCUT2D eigenvalue weighted by molar-refractivity contribution is 7.09. The fraction of sp³-hybridized carbons (Fsp3) is 0.364. The lowest BCUT2D eigenvalue weighted by atomic mass is 10.1. The van der Waals surface area contributed by atoms with Crippen LogP contribution in [0.5, 0.6) is 0 Å². The van der Waals surface area contributed by atoms with Crippen LogP contribution in [0.25, 0.3) is 0 Å². The third-order valence-electron chi connectivity index (χ3n) is 2.33. The lowest BCUT2D eigenvalue weighted by Gasteiger charge is -2.03. The van der Waals surface area contributed by atoms with Crippen LogP contribution in [0.15, 0.2) is 27.6 Å². The number of hydrazone groups is 1. The highest BCUT2D eigenvalue weighted by Gasteiger charge is 2.27. The smallest absolute Gasteiger partial charge is 0.254 e. The minimum absolute atomic E-state index is 0.146. The van der Waals surface area contributed by atoms with Gasteiger partial charge in [-0.3, -0.25) is 9.79 Å². The number of hydrogen-bond acceptors (Lipinski definition) is 5. The minimum atomic E-state index is -0.394. The molecule has 0 radical (unpaired) electrons. The monoisotopic (exact) mass is 251 g/mol. The van der Waals surface area contributed by atoms with Gasteiger partial charge in [-0.2, -0.15) is 5.10 Å². The van der Waals surface area contributed by atoms with Crippen molar-refractivity contribution in [3.63, 3.8) is 0 Å². The highest BCUT2D eigenvalue weighted by atomic mass is 32.1. The Kier molecular flexibility index (Phi) is 4.00.